The third kappa shape index (κ3) is 3.79. The van der Waals surface area contributed by atoms with Gasteiger partial charge < -0.3 is 19.4 Å². The van der Waals surface area contributed by atoms with Crippen LogP contribution in [0.4, 0.5) is 10.1 Å². The maximum atomic E-state index is 13.4. The number of hydrogen-bond donors (Lipinski definition) is 1. The van der Waals surface area contributed by atoms with Gasteiger partial charge in [0, 0.05) is 29.4 Å². The number of anilines is 1. The van der Waals surface area contributed by atoms with Crippen molar-refractivity contribution in [2.24, 2.45) is 0 Å². The van der Waals surface area contributed by atoms with Crippen molar-refractivity contribution < 1.29 is 18.7 Å². The Bertz CT molecular complexity index is 1170. The van der Waals surface area contributed by atoms with Crippen LogP contribution in [0.5, 0.6) is 11.5 Å². The molecule has 0 bridgehead atoms. The van der Waals surface area contributed by atoms with Crippen LogP contribution in [-0.2, 0) is 0 Å². The average Bonchev–Trinajstić information content (AvgIpc) is 3.44. The Morgan fingerprint density at radius 1 is 1.03 bits per heavy atom. The fourth-order valence-electron chi connectivity index (χ4n) is 3.17. The van der Waals surface area contributed by atoms with E-state index < -0.39 is 0 Å². The van der Waals surface area contributed by atoms with Gasteiger partial charge >= 0.3 is 0 Å². The van der Waals surface area contributed by atoms with Crippen LogP contribution in [0.1, 0.15) is 9.67 Å². The first-order valence-corrected chi connectivity index (χ1v) is 10.0. The maximum absolute atomic E-state index is 13.4. The van der Waals surface area contributed by atoms with Crippen molar-refractivity contribution in [2.75, 3.05) is 19.5 Å². The minimum absolute atomic E-state index is 0.263. The number of thiophene rings is 1. The molecule has 2 aromatic carbocycles. The summed E-state index contributed by atoms with van der Waals surface area (Å²) in [4.78, 5) is 13.7. The third-order valence-electron chi connectivity index (χ3n) is 4.65. The minimum Gasteiger partial charge on any atom is -0.497 e. The van der Waals surface area contributed by atoms with E-state index in [4.69, 9.17) is 9.47 Å². The van der Waals surface area contributed by atoms with E-state index >= 15 is 0 Å². The van der Waals surface area contributed by atoms with Crippen LogP contribution in [0.25, 0.3) is 16.8 Å². The molecule has 0 aliphatic carbocycles. The lowest BCUT2D eigenvalue weighted by molar-refractivity contribution is 0.103. The number of halogens is 1. The number of methoxy groups -OCH3 is 2. The Kier molecular flexibility index (Phi) is 5.54. The summed E-state index contributed by atoms with van der Waals surface area (Å²) in [6.45, 7) is 0. The van der Waals surface area contributed by atoms with Gasteiger partial charge in [0.25, 0.3) is 5.91 Å². The van der Waals surface area contributed by atoms with Gasteiger partial charge in [-0.15, -0.1) is 11.3 Å². The van der Waals surface area contributed by atoms with E-state index in [1.54, 1.807) is 37.4 Å². The number of aromatic nitrogens is 1. The molecule has 2 heterocycles. The zero-order valence-electron chi connectivity index (χ0n) is 16.4. The van der Waals surface area contributed by atoms with Crippen molar-refractivity contribution in [3.8, 4) is 28.3 Å². The summed E-state index contributed by atoms with van der Waals surface area (Å²) < 4.78 is 25.9. The Labute approximate surface area is 177 Å². The third-order valence-corrected chi connectivity index (χ3v) is 5.61. The SMILES string of the molecule is COc1ccc(NC(=O)c2scc(-c3ccc(F)cc3)c2-n2cccc2)c(OC)c1. The van der Waals surface area contributed by atoms with E-state index in [-0.39, 0.29) is 11.7 Å². The monoisotopic (exact) mass is 422 g/mol. The highest BCUT2D eigenvalue weighted by atomic mass is 32.1. The van der Waals surface area contributed by atoms with Gasteiger partial charge in [-0.05, 0) is 42.0 Å². The van der Waals surface area contributed by atoms with Crippen LogP contribution in [0, 0.1) is 5.82 Å². The lowest BCUT2D eigenvalue weighted by Crippen LogP contribution is -2.13. The molecule has 0 saturated heterocycles. The summed E-state index contributed by atoms with van der Waals surface area (Å²) in [5, 5.41) is 4.83. The molecule has 0 radical (unpaired) electrons. The zero-order valence-corrected chi connectivity index (χ0v) is 17.2. The van der Waals surface area contributed by atoms with E-state index in [2.05, 4.69) is 5.32 Å². The Hall–Kier alpha value is -3.58. The number of ether oxygens (including phenoxy) is 2. The van der Waals surface area contributed by atoms with Gasteiger partial charge in [0.05, 0.1) is 25.6 Å². The molecule has 1 N–H and O–H groups in total. The number of nitrogens with one attached hydrogen (secondary N) is 1. The Morgan fingerprint density at radius 2 is 1.77 bits per heavy atom. The molecule has 0 aliphatic heterocycles. The molecular formula is C23H19FN2O3S. The molecule has 2 aromatic heterocycles. The van der Waals surface area contributed by atoms with Crippen molar-refractivity contribution in [3.05, 3.63) is 83.1 Å². The Balaban J connectivity index is 1.74. The quantitative estimate of drug-likeness (QED) is 0.439. The number of benzene rings is 2. The summed E-state index contributed by atoms with van der Waals surface area (Å²) >= 11 is 1.33. The van der Waals surface area contributed by atoms with E-state index in [0.29, 0.717) is 22.1 Å². The van der Waals surface area contributed by atoms with Gasteiger partial charge in [0.1, 0.15) is 22.2 Å². The number of hydrogen-bond acceptors (Lipinski definition) is 4. The normalized spacial score (nSPS) is 10.6. The summed E-state index contributed by atoms with van der Waals surface area (Å²) in [6, 6.07) is 15.2. The number of amides is 1. The summed E-state index contributed by atoms with van der Waals surface area (Å²) in [7, 11) is 3.10. The van der Waals surface area contributed by atoms with E-state index in [1.807, 2.05) is 34.5 Å². The first-order valence-electron chi connectivity index (χ1n) is 9.15. The van der Waals surface area contributed by atoms with Crippen molar-refractivity contribution in [2.45, 2.75) is 0 Å². The number of carbonyl (C=O) groups is 1. The Morgan fingerprint density at radius 3 is 2.43 bits per heavy atom. The molecule has 0 unspecified atom stereocenters. The second-order valence-electron chi connectivity index (χ2n) is 6.44. The smallest absolute Gasteiger partial charge is 0.268 e. The second-order valence-corrected chi connectivity index (χ2v) is 7.32. The summed E-state index contributed by atoms with van der Waals surface area (Å²) in [6.07, 6.45) is 3.75. The van der Waals surface area contributed by atoms with Crippen molar-refractivity contribution in [1.29, 1.82) is 0 Å². The predicted octanol–water partition coefficient (Wildman–Crippen LogP) is 5.61. The van der Waals surface area contributed by atoms with Gasteiger partial charge in [-0.25, -0.2) is 4.39 Å². The first-order chi connectivity index (χ1) is 14.6. The number of carbonyl (C=O) groups excluding carboxylic acids is 1. The van der Waals surface area contributed by atoms with Crippen LogP contribution in [0.3, 0.4) is 0 Å². The van der Waals surface area contributed by atoms with Crippen LogP contribution in [0.2, 0.25) is 0 Å². The van der Waals surface area contributed by atoms with Gasteiger partial charge in [-0.1, -0.05) is 12.1 Å². The second kappa shape index (κ2) is 8.42. The lowest BCUT2D eigenvalue weighted by atomic mass is 10.1. The maximum Gasteiger partial charge on any atom is 0.268 e. The molecule has 1 amide bonds. The van der Waals surface area contributed by atoms with Gasteiger partial charge in [-0.3, -0.25) is 4.79 Å². The lowest BCUT2D eigenvalue weighted by Gasteiger charge is -2.13. The summed E-state index contributed by atoms with van der Waals surface area (Å²) in [5.74, 6) is 0.565. The standard InChI is InChI=1S/C23H19FN2O3S/c1-28-17-9-10-19(20(13-17)29-2)25-23(27)22-21(26-11-3-4-12-26)18(14-30-22)15-5-7-16(24)8-6-15/h3-14H,1-2H3,(H,25,27). The summed E-state index contributed by atoms with van der Waals surface area (Å²) in [5.41, 5.74) is 2.96. The molecule has 4 aromatic rings. The molecule has 4 rings (SSSR count). The molecule has 0 fully saturated rings. The topological polar surface area (TPSA) is 52.5 Å². The van der Waals surface area contributed by atoms with Crippen molar-refractivity contribution in [3.63, 3.8) is 0 Å². The minimum atomic E-state index is -0.305. The fraction of sp³-hybridized carbons (Fsp3) is 0.0870. The molecule has 7 heteroatoms. The largest absolute Gasteiger partial charge is 0.497 e. The van der Waals surface area contributed by atoms with Gasteiger partial charge in [0.2, 0.25) is 0 Å². The molecule has 5 nitrogen and oxygen atoms in total. The zero-order chi connectivity index (χ0) is 21.1. The molecule has 0 saturated carbocycles. The van der Waals surface area contributed by atoms with Crippen LogP contribution in [-0.4, -0.2) is 24.7 Å². The number of rotatable bonds is 6. The van der Waals surface area contributed by atoms with Crippen molar-refractivity contribution >= 4 is 22.9 Å². The molecule has 0 atom stereocenters. The first kappa shape index (κ1) is 19.7. The highest BCUT2D eigenvalue weighted by Crippen LogP contribution is 2.36. The van der Waals surface area contributed by atoms with E-state index in [0.717, 1.165) is 16.8 Å². The molecule has 152 valence electrons. The highest BCUT2D eigenvalue weighted by Gasteiger charge is 2.21. The van der Waals surface area contributed by atoms with Crippen LogP contribution in [0.15, 0.2) is 72.4 Å². The predicted molar refractivity (Wildman–Crippen MR) is 117 cm³/mol. The average molecular weight is 422 g/mol. The van der Waals surface area contributed by atoms with Crippen molar-refractivity contribution in [1.82, 2.24) is 4.57 Å². The van der Waals surface area contributed by atoms with E-state index in [9.17, 15) is 9.18 Å². The number of nitrogens with zero attached hydrogens (tertiary/aromatic N) is 1. The molecule has 30 heavy (non-hydrogen) atoms. The van der Waals surface area contributed by atoms with Crippen LogP contribution < -0.4 is 14.8 Å². The molecule has 0 aliphatic rings. The van der Waals surface area contributed by atoms with E-state index in [1.165, 1.54) is 30.6 Å². The fourth-order valence-corrected chi connectivity index (χ4v) is 4.14. The van der Waals surface area contributed by atoms with Gasteiger partial charge in [-0.2, -0.15) is 0 Å². The van der Waals surface area contributed by atoms with Gasteiger partial charge in [0.15, 0.2) is 0 Å². The molecular weight excluding hydrogens is 403 g/mol. The van der Waals surface area contributed by atoms with Crippen LogP contribution >= 0.6 is 11.3 Å². The highest BCUT2D eigenvalue weighted by molar-refractivity contribution is 7.13. The molecule has 0 spiro atoms.